The lowest BCUT2D eigenvalue weighted by atomic mass is 9.46. The Labute approximate surface area is 549 Å². The van der Waals surface area contributed by atoms with Gasteiger partial charge in [-0.2, -0.15) is 0 Å². The van der Waals surface area contributed by atoms with Crippen LogP contribution in [0, 0.1) is 46.3 Å². The average Bonchev–Trinajstić information content (AvgIpc) is 1.32. The van der Waals surface area contributed by atoms with Gasteiger partial charge in [-0.1, -0.05) is 114 Å². The van der Waals surface area contributed by atoms with Crippen LogP contribution in [0.1, 0.15) is 230 Å². The molecule has 18 heteroatoms. The van der Waals surface area contributed by atoms with E-state index in [-0.39, 0.29) is 82.1 Å². The lowest BCUT2D eigenvalue weighted by Crippen LogP contribution is -2.54. The van der Waals surface area contributed by atoms with Crippen molar-refractivity contribution in [3.8, 4) is 11.1 Å². The number of rotatable bonds is 28. The van der Waals surface area contributed by atoms with Gasteiger partial charge in [-0.05, 0) is 202 Å². The highest BCUT2D eigenvalue weighted by Crippen LogP contribution is 2.67. The second-order valence-electron chi connectivity index (χ2n) is 31.0. The molecule has 0 spiro atoms. The van der Waals surface area contributed by atoms with Crippen LogP contribution >= 0.6 is 0 Å². The van der Waals surface area contributed by atoms with E-state index in [9.17, 15) is 38.4 Å². The summed E-state index contributed by atoms with van der Waals surface area (Å²) in [6.45, 7) is 28.7. The van der Waals surface area contributed by atoms with Gasteiger partial charge in [-0.3, -0.25) is 28.8 Å². The van der Waals surface area contributed by atoms with Crippen LogP contribution in [-0.4, -0.2) is 120 Å². The topological polar surface area (TPSA) is 237 Å². The number of nitrogens with one attached hydrogen (secondary N) is 5. The molecule has 0 aliphatic heterocycles. The number of esters is 2. The Morgan fingerprint density at radius 3 is 1.79 bits per heavy atom. The monoisotopic (exact) mass is 1280 g/mol. The predicted molar refractivity (Wildman–Crippen MR) is 357 cm³/mol. The molecule has 0 heterocycles. The lowest BCUT2D eigenvalue weighted by molar-refractivity contribution is -0.156. The van der Waals surface area contributed by atoms with E-state index in [1.807, 2.05) is 74.2 Å². The van der Waals surface area contributed by atoms with Crippen molar-refractivity contribution in [2.45, 2.75) is 253 Å². The van der Waals surface area contributed by atoms with Gasteiger partial charge in [0.1, 0.15) is 35.5 Å². The molecular formula is C74H112N6O12. The first-order valence-electron chi connectivity index (χ1n) is 34.6. The van der Waals surface area contributed by atoms with Crippen LogP contribution in [-0.2, 0) is 47.7 Å². The molecule has 5 aliphatic carbocycles. The number of carbonyl (C=O) groups is 8. The number of alkyl carbamates (subject to hydrolysis) is 1. The zero-order chi connectivity index (χ0) is 67.3. The van der Waals surface area contributed by atoms with Crippen LogP contribution in [0.2, 0.25) is 0 Å². The number of amides is 6. The summed E-state index contributed by atoms with van der Waals surface area (Å²) in [6.07, 6.45) is 13.5. The van der Waals surface area contributed by atoms with E-state index in [1.165, 1.54) is 50.5 Å². The van der Waals surface area contributed by atoms with Crippen molar-refractivity contribution in [3.05, 3.63) is 71.3 Å². The summed E-state index contributed by atoms with van der Waals surface area (Å²) in [4.78, 5) is 110. The molecular weight excluding hydrogens is 1160 g/mol. The minimum Gasteiger partial charge on any atom is -0.460 e. The zero-order valence-corrected chi connectivity index (χ0v) is 58.1. The fourth-order valence-corrected chi connectivity index (χ4v) is 16.0. The maximum Gasteiger partial charge on any atom is 0.410 e. The largest absolute Gasteiger partial charge is 0.460 e. The van der Waals surface area contributed by atoms with Crippen molar-refractivity contribution in [2.24, 2.45) is 46.3 Å². The van der Waals surface area contributed by atoms with Gasteiger partial charge >= 0.3 is 24.1 Å². The summed E-state index contributed by atoms with van der Waals surface area (Å²) in [7, 11) is 0. The quantitative estimate of drug-likeness (QED) is 0.0232. The summed E-state index contributed by atoms with van der Waals surface area (Å²) in [5, 5.41) is 13.7. The molecule has 0 aromatic heterocycles. The second-order valence-corrected chi connectivity index (χ2v) is 31.0. The molecule has 10 atom stereocenters. The Kier molecular flexibility index (Phi) is 25.1. The molecule has 3 fully saturated rings. The predicted octanol–water partition coefficient (Wildman–Crippen LogP) is 12.8. The van der Waals surface area contributed by atoms with Gasteiger partial charge < -0.3 is 50.4 Å². The maximum atomic E-state index is 14.3. The minimum atomic E-state index is -1.33. The van der Waals surface area contributed by atoms with Crippen LogP contribution in [0.5, 0.6) is 0 Å². The van der Waals surface area contributed by atoms with Crippen LogP contribution in [0.25, 0.3) is 11.1 Å². The highest BCUT2D eigenvalue weighted by Gasteiger charge is 2.59. The fourth-order valence-electron chi connectivity index (χ4n) is 16.0. The first-order chi connectivity index (χ1) is 43.2. The number of allylic oxidation sites excluding steroid dienone is 1. The molecule has 2 aromatic rings. The summed E-state index contributed by atoms with van der Waals surface area (Å²) in [5.41, 5.74) is 3.90. The Balaban J connectivity index is 0.939. The van der Waals surface area contributed by atoms with Crippen LogP contribution in [0.3, 0.4) is 0 Å². The van der Waals surface area contributed by atoms with E-state index in [0.717, 1.165) is 71.6 Å². The van der Waals surface area contributed by atoms with E-state index < -0.39 is 76.6 Å². The zero-order valence-electron chi connectivity index (χ0n) is 58.1. The first kappa shape index (κ1) is 73.0. The molecule has 7 rings (SSSR count). The van der Waals surface area contributed by atoms with Crippen molar-refractivity contribution in [1.82, 2.24) is 31.5 Å². The van der Waals surface area contributed by atoms with Crippen LogP contribution in [0.4, 0.5) is 9.59 Å². The third-order valence-corrected chi connectivity index (χ3v) is 20.3. The molecule has 0 radical (unpaired) electrons. The van der Waals surface area contributed by atoms with Crippen molar-refractivity contribution < 1.29 is 57.3 Å². The summed E-state index contributed by atoms with van der Waals surface area (Å²) >= 11 is 0. The van der Waals surface area contributed by atoms with Crippen LogP contribution in [0.15, 0.2) is 60.2 Å². The van der Waals surface area contributed by atoms with Gasteiger partial charge in [0.2, 0.25) is 23.6 Å². The molecule has 3 saturated carbocycles. The van der Waals surface area contributed by atoms with Gasteiger partial charge in [-0.25, -0.2) is 9.59 Å². The number of hydrogen-bond donors (Lipinski definition) is 5. The summed E-state index contributed by atoms with van der Waals surface area (Å²) < 4.78 is 22.7. The second kappa shape index (κ2) is 31.6. The third kappa shape index (κ3) is 20.0. The fraction of sp³-hybridized carbons (Fsp3) is 0.703. The standard InChI is InChI=1S/C74H112N6O12/c1-47(2)21-19-22-48(3)57-29-30-58-55-28-27-49-45-50(35-39-73(49,13)59(55)36-40-74(57,58)14)80(69(88)92-72(10,11)12)44-20-41-76-66(85)60(31-33-64(83)90-70(4,5)6)79-67(86)61(32-34-65(84)91-71(7,8)9)78-63(82)38-42-75-62(81)37-43-77-68(87)89-46-56-53-25-17-15-23-51(53)52-24-16-18-26-54(52)56/h15-18,23-27,47-48,50,55-61H,19-22,28-46H2,1-14H3,(H,75,81)(H,76,85)(H,77,87)(H,78,82)(H,79,86)/t48-,50+,55+,57-,58+,59+,60+,61+,73+,74-/m1/s1. The number of carbonyl (C=O) groups excluding carboxylic acids is 8. The van der Waals surface area contributed by atoms with Crippen molar-refractivity contribution in [3.63, 3.8) is 0 Å². The molecule has 6 amide bonds. The minimum absolute atomic E-state index is 0.0208. The maximum absolute atomic E-state index is 14.3. The highest BCUT2D eigenvalue weighted by atomic mass is 16.6. The molecule has 0 bridgehead atoms. The van der Waals surface area contributed by atoms with Crippen molar-refractivity contribution >= 4 is 47.8 Å². The molecule has 18 nitrogen and oxygen atoms in total. The van der Waals surface area contributed by atoms with Gasteiger partial charge in [-0.15, -0.1) is 0 Å². The van der Waals surface area contributed by atoms with E-state index in [1.54, 1.807) is 41.5 Å². The number of benzene rings is 2. The van der Waals surface area contributed by atoms with E-state index >= 15 is 0 Å². The van der Waals surface area contributed by atoms with Gasteiger partial charge in [0.05, 0.1) is 0 Å². The van der Waals surface area contributed by atoms with Crippen molar-refractivity contribution in [2.75, 3.05) is 32.8 Å². The SMILES string of the molecule is CC(C)CCC[C@@H](C)[C@H]1CC[C@H]2[C@@H]3CC=C4C[C@@H](N(CCCNC(=O)[C@H](CCC(=O)OC(C)(C)C)NC(=O)[C@H](CCC(=O)OC(C)(C)C)NC(=O)CCNC(=O)CCNC(=O)OCC5c6ccccc6-c6ccccc65)C(=O)OC(C)(C)C)CC[C@]4(C)[C@H]3CC[C@]12C. The Hall–Kier alpha value is -6.46. The third-order valence-electron chi connectivity index (χ3n) is 20.3. The Morgan fingerprint density at radius 1 is 0.598 bits per heavy atom. The Morgan fingerprint density at radius 2 is 1.18 bits per heavy atom. The van der Waals surface area contributed by atoms with Gasteiger partial charge in [0.25, 0.3) is 0 Å². The molecule has 5 aliphatic rings. The van der Waals surface area contributed by atoms with Gasteiger partial charge in [0.15, 0.2) is 0 Å². The first-order valence-corrected chi connectivity index (χ1v) is 34.6. The molecule has 0 saturated heterocycles. The van der Waals surface area contributed by atoms with E-state index in [0.29, 0.717) is 30.2 Å². The highest BCUT2D eigenvalue weighted by molar-refractivity contribution is 5.93. The number of hydrogen-bond acceptors (Lipinski definition) is 12. The number of fused-ring (bicyclic) bond motifs is 8. The number of ether oxygens (including phenoxy) is 4. The number of nitrogens with zero attached hydrogens (tertiary/aromatic N) is 1. The summed E-state index contributed by atoms with van der Waals surface area (Å²) in [6, 6.07) is 13.3. The van der Waals surface area contributed by atoms with Crippen molar-refractivity contribution in [1.29, 1.82) is 0 Å². The molecule has 2 aromatic carbocycles. The summed E-state index contributed by atoms with van der Waals surface area (Å²) in [5.74, 6) is 0.566. The van der Waals surface area contributed by atoms with E-state index in [2.05, 4.69) is 67.3 Å². The molecule has 510 valence electrons. The van der Waals surface area contributed by atoms with Crippen LogP contribution < -0.4 is 26.6 Å². The molecule has 5 N–H and O–H groups in total. The smallest absolute Gasteiger partial charge is 0.410 e. The molecule has 92 heavy (non-hydrogen) atoms. The lowest BCUT2D eigenvalue weighted by Gasteiger charge is -2.59. The van der Waals surface area contributed by atoms with E-state index in [4.69, 9.17) is 18.9 Å². The molecule has 0 unspecified atom stereocenters. The normalized spacial score (nSPS) is 23.5. The Bertz CT molecular complexity index is 2890. The average molecular weight is 1280 g/mol. The van der Waals surface area contributed by atoms with Gasteiger partial charge in [0, 0.05) is 63.8 Å².